The van der Waals surface area contributed by atoms with E-state index in [9.17, 15) is 8.42 Å². The second-order valence-corrected chi connectivity index (χ2v) is 8.48. The average Bonchev–Trinajstić information content (AvgIpc) is 2.92. The first-order valence-corrected chi connectivity index (χ1v) is 9.17. The normalized spacial score (nSPS) is 18.7. The number of fused-ring (bicyclic) bond motifs is 1. The van der Waals surface area contributed by atoms with Gasteiger partial charge >= 0.3 is 0 Å². The molecular weight excluding hydrogens is 308 g/mol. The first kappa shape index (κ1) is 14.7. The molecule has 1 atom stereocenters. The Labute approximate surface area is 128 Å². The quantitative estimate of drug-likeness (QED) is 0.937. The molecule has 0 unspecified atom stereocenters. The Bertz CT molecular complexity index is 776. The Kier molecular flexibility index (Phi) is 3.62. The van der Waals surface area contributed by atoms with Crippen LogP contribution in [0.5, 0.6) is 0 Å². The molecule has 0 radical (unpaired) electrons. The highest BCUT2D eigenvalue weighted by molar-refractivity contribution is 7.89. The number of sulfonamides is 1. The maximum atomic E-state index is 12.6. The average molecular weight is 326 g/mol. The maximum Gasteiger partial charge on any atom is 0.242 e. The summed E-state index contributed by atoms with van der Waals surface area (Å²) in [7, 11) is -3.52. The molecule has 6 nitrogen and oxygen atoms in total. The van der Waals surface area contributed by atoms with Crippen LogP contribution in [0.15, 0.2) is 11.0 Å². The fourth-order valence-electron chi connectivity index (χ4n) is 2.71. The van der Waals surface area contributed by atoms with Crippen molar-refractivity contribution in [3.05, 3.63) is 27.5 Å². The van der Waals surface area contributed by atoms with Gasteiger partial charge in [-0.1, -0.05) is 0 Å². The molecule has 0 aliphatic carbocycles. The highest BCUT2D eigenvalue weighted by Gasteiger charge is 2.29. The van der Waals surface area contributed by atoms with Crippen molar-refractivity contribution in [1.82, 2.24) is 19.5 Å². The number of nitrogens with one attached hydrogen (secondary N) is 1. The first-order valence-electron chi connectivity index (χ1n) is 6.87. The summed E-state index contributed by atoms with van der Waals surface area (Å²) in [6, 6.07) is 1.42. The van der Waals surface area contributed by atoms with Crippen LogP contribution in [0.25, 0.3) is 0 Å². The van der Waals surface area contributed by atoms with Gasteiger partial charge in [0, 0.05) is 16.3 Å². The van der Waals surface area contributed by atoms with Crippen LogP contribution in [0.2, 0.25) is 0 Å². The number of aromatic nitrogens is 3. The van der Waals surface area contributed by atoms with E-state index in [0.717, 1.165) is 29.1 Å². The van der Waals surface area contributed by atoms with Gasteiger partial charge in [-0.2, -0.15) is 5.10 Å². The predicted molar refractivity (Wildman–Crippen MR) is 80.8 cm³/mol. The third-order valence-electron chi connectivity index (χ3n) is 3.56. The first-order chi connectivity index (χ1) is 9.87. The number of rotatable bonds is 3. The molecule has 1 aliphatic heterocycles. The SMILES string of the molecule is Cc1nc2n(n1)CCC[C@@H]2NS(=O)(=O)c1cc(C)sc1C. The Morgan fingerprint density at radius 3 is 2.81 bits per heavy atom. The van der Waals surface area contributed by atoms with Crippen LogP contribution < -0.4 is 4.72 Å². The van der Waals surface area contributed by atoms with Gasteiger partial charge in [0.2, 0.25) is 10.0 Å². The predicted octanol–water partition coefficient (Wildman–Crippen LogP) is 2.08. The monoisotopic (exact) mass is 326 g/mol. The van der Waals surface area contributed by atoms with Crippen molar-refractivity contribution >= 4 is 21.4 Å². The standard InChI is InChI=1S/C13H18N4O2S2/c1-8-7-12(9(2)20-8)21(18,19)16-11-5-4-6-17-13(11)14-10(3)15-17/h7,11,16H,4-6H2,1-3H3/t11-/m0/s1. The van der Waals surface area contributed by atoms with Gasteiger partial charge in [-0.15, -0.1) is 11.3 Å². The molecule has 0 saturated heterocycles. The van der Waals surface area contributed by atoms with E-state index in [1.54, 1.807) is 10.7 Å². The molecule has 0 saturated carbocycles. The van der Waals surface area contributed by atoms with Gasteiger partial charge in [-0.3, -0.25) is 0 Å². The Hall–Kier alpha value is -1.25. The van der Waals surface area contributed by atoms with Crippen molar-refractivity contribution in [3.8, 4) is 0 Å². The van der Waals surface area contributed by atoms with Gasteiger partial charge in [-0.05, 0) is 39.7 Å². The smallest absolute Gasteiger partial charge is 0.242 e. The van der Waals surface area contributed by atoms with E-state index >= 15 is 0 Å². The molecule has 114 valence electrons. The van der Waals surface area contributed by atoms with Crippen LogP contribution in [0.4, 0.5) is 0 Å². The minimum Gasteiger partial charge on any atom is -0.248 e. The summed E-state index contributed by atoms with van der Waals surface area (Å²) in [6.07, 6.45) is 1.64. The molecule has 3 heterocycles. The molecular formula is C13H18N4O2S2. The lowest BCUT2D eigenvalue weighted by Gasteiger charge is -2.22. The highest BCUT2D eigenvalue weighted by atomic mass is 32.2. The van der Waals surface area contributed by atoms with Crippen LogP contribution >= 0.6 is 11.3 Å². The van der Waals surface area contributed by atoms with E-state index in [4.69, 9.17) is 0 Å². The van der Waals surface area contributed by atoms with Crippen molar-refractivity contribution in [2.45, 2.75) is 51.1 Å². The molecule has 0 spiro atoms. The molecule has 21 heavy (non-hydrogen) atoms. The van der Waals surface area contributed by atoms with Gasteiger partial charge < -0.3 is 0 Å². The van der Waals surface area contributed by atoms with E-state index in [1.807, 2.05) is 20.8 Å². The Morgan fingerprint density at radius 1 is 1.38 bits per heavy atom. The van der Waals surface area contributed by atoms with Gasteiger partial charge in [0.05, 0.1) is 10.9 Å². The van der Waals surface area contributed by atoms with Crippen LogP contribution in [0.3, 0.4) is 0 Å². The largest absolute Gasteiger partial charge is 0.248 e. The van der Waals surface area contributed by atoms with Gasteiger partial charge in [0.15, 0.2) is 0 Å². The van der Waals surface area contributed by atoms with Crippen molar-refractivity contribution in [2.75, 3.05) is 0 Å². The molecule has 1 aliphatic rings. The van der Waals surface area contributed by atoms with Crippen molar-refractivity contribution in [1.29, 1.82) is 0 Å². The molecule has 3 rings (SSSR count). The third kappa shape index (κ3) is 2.75. The highest BCUT2D eigenvalue weighted by Crippen LogP contribution is 2.29. The molecule has 0 amide bonds. The van der Waals surface area contributed by atoms with Crippen LogP contribution in [-0.2, 0) is 16.6 Å². The fourth-order valence-corrected chi connectivity index (χ4v) is 5.49. The minimum absolute atomic E-state index is 0.301. The number of hydrogen-bond acceptors (Lipinski definition) is 5. The zero-order valence-electron chi connectivity index (χ0n) is 12.3. The van der Waals surface area contributed by atoms with Crippen molar-refractivity contribution < 1.29 is 8.42 Å². The summed E-state index contributed by atoms with van der Waals surface area (Å²) in [5.41, 5.74) is 0. The fraction of sp³-hybridized carbons (Fsp3) is 0.538. The van der Waals surface area contributed by atoms with Crippen molar-refractivity contribution in [3.63, 3.8) is 0 Å². The Balaban J connectivity index is 1.92. The molecule has 0 bridgehead atoms. The van der Waals surface area contributed by atoms with E-state index < -0.39 is 10.0 Å². The second kappa shape index (κ2) is 5.19. The molecule has 0 fully saturated rings. The summed E-state index contributed by atoms with van der Waals surface area (Å²) in [5.74, 6) is 1.39. The summed E-state index contributed by atoms with van der Waals surface area (Å²) in [4.78, 5) is 6.55. The summed E-state index contributed by atoms with van der Waals surface area (Å²) in [5, 5.41) is 4.30. The Morgan fingerprint density at radius 2 is 2.14 bits per heavy atom. The van der Waals surface area contributed by atoms with E-state index in [0.29, 0.717) is 16.5 Å². The van der Waals surface area contributed by atoms with Crippen LogP contribution in [0.1, 0.15) is 40.3 Å². The number of hydrogen-bond donors (Lipinski definition) is 1. The van der Waals surface area contributed by atoms with Crippen molar-refractivity contribution in [2.24, 2.45) is 0 Å². The molecule has 8 heteroatoms. The lowest BCUT2D eigenvalue weighted by molar-refractivity contribution is 0.399. The minimum atomic E-state index is -3.52. The van der Waals surface area contributed by atoms with Gasteiger partial charge in [0.1, 0.15) is 11.6 Å². The van der Waals surface area contributed by atoms with Gasteiger partial charge in [0.25, 0.3) is 0 Å². The maximum absolute atomic E-state index is 12.6. The second-order valence-electron chi connectivity index (χ2n) is 5.33. The van der Waals surface area contributed by atoms with E-state index in [2.05, 4.69) is 14.8 Å². The number of aryl methyl sites for hydroxylation is 4. The topological polar surface area (TPSA) is 76.9 Å². The molecule has 0 aromatic carbocycles. The van der Waals surface area contributed by atoms with Gasteiger partial charge in [-0.25, -0.2) is 22.8 Å². The summed E-state index contributed by atoms with van der Waals surface area (Å²) < 4.78 is 29.8. The molecule has 1 N–H and O–H groups in total. The number of thiophene rings is 1. The van der Waals surface area contributed by atoms with Crippen LogP contribution in [-0.4, -0.2) is 23.2 Å². The van der Waals surface area contributed by atoms with Crippen LogP contribution in [0, 0.1) is 20.8 Å². The number of nitrogens with zero attached hydrogens (tertiary/aromatic N) is 3. The lowest BCUT2D eigenvalue weighted by Crippen LogP contribution is -2.33. The van der Waals surface area contributed by atoms with E-state index in [1.165, 1.54) is 11.3 Å². The summed E-state index contributed by atoms with van der Waals surface area (Å²) in [6.45, 7) is 6.37. The molecule has 2 aromatic heterocycles. The molecule has 2 aromatic rings. The van der Waals surface area contributed by atoms with E-state index in [-0.39, 0.29) is 6.04 Å². The zero-order valence-corrected chi connectivity index (χ0v) is 13.9. The third-order valence-corrected chi connectivity index (χ3v) is 6.26. The lowest BCUT2D eigenvalue weighted by atomic mass is 10.1. The summed E-state index contributed by atoms with van der Waals surface area (Å²) >= 11 is 1.50. The zero-order chi connectivity index (χ0) is 15.2.